The van der Waals surface area contributed by atoms with Crippen molar-refractivity contribution in [3.8, 4) is 5.75 Å². The molecule has 1 aliphatic carbocycles. The van der Waals surface area contributed by atoms with E-state index in [9.17, 15) is 22.5 Å². The third-order valence-corrected chi connectivity index (χ3v) is 8.94. The van der Waals surface area contributed by atoms with E-state index in [1.165, 1.54) is 0 Å². The molecule has 1 aliphatic rings. The fraction of sp³-hybridized carbons (Fsp3) is 0.667. The van der Waals surface area contributed by atoms with E-state index < -0.39 is 48.4 Å². The standard InChI is InChI=1S/C33H49F3NO7P/c1-29(2,3)42-28(38)37-32(10,21-40-45(39,43-30(4,5)6)44-31(7,8)9)25-13-11-23-20-27(16-12-22(23)19-25)41-26-17-14-24(15-18-26)33(34,35)36/h11-13,16,19-20,24,26H,14-15,17-18,21H2,1-10H3,(H,37,38)/t24?,26?,32-/m0/s1. The number of hydrogen-bond donors (Lipinski definition) is 1. The molecule has 45 heavy (non-hydrogen) atoms. The van der Waals surface area contributed by atoms with Gasteiger partial charge in [0.25, 0.3) is 0 Å². The van der Waals surface area contributed by atoms with Crippen molar-refractivity contribution in [2.75, 3.05) is 6.61 Å². The van der Waals surface area contributed by atoms with Gasteiger partial charge in [-0.3, -0.25) is 13.6 Å². The fourth-order valence-electron chi connectivity index (χ4n) is 5.01. The van der Waals surface area contributed by atoms with Crippen LogP contribution in [0.3, 0.4) is 0 Å². The summed E-state index contributed by atoms with van der Waals surface area (Å²) in [5.41, 5.74) is -3.07. The zero-order valence-corrected chi connectivity index (χ0v) is 29.0. The average Bonchev–Trinajstić information content (AvgIpc) is 2.83. The minimum Gasteiger partial charge on any atom is -0.490 e. The van der Waals surface area contributed by atoms with Gasteiger partial charge in [0.05, 0.1) is 35.4 Å². The first-order valence-electron chi connectivity index (χ1n) is 15.3. The first-order valence-corrected chi connectivity index (χ1v) is 16.8. The van der Waals surface area contributed by atoms with Gasteiger partial charge >= 0.3 is 20.1 Å². The van der Waals surface area contributed by atoms with Gasteiger partial charge in [-0.05, 0) is 129 Å². The molecule has 0 saturated heterocycles. The molecular weight excluding hydrogens is 610 g/mol. The van der Waals surface area contributed by atoms with Gasteiger partial charge in [0.15, 0.2) is 0 Å². The molecule has 2 aromatic carbocycles. The number of halogens is 3. The summed E-state index contributed by atoms with van der Waals surface area (Å²) in [5, 5.41) is 4.54. The zero-order valence-electron chi connectivity index (χ0n) is 28.1. The Morgan fingerprint density at radius 2 is 1.33 bits per heavy atom. The molecule has 1 atom stereocenters. The van der Waals surface area contributed by atoms with E-state index in [2.05, 4.69) is 5.32 Å². The first kappa shape index (κ1) is 37.1. The van der Waals surface area contributed by atoms with Crippen molar-refractivity contribution in [3.05, 3.63) is 42.0 Å². The molecule has 0 aromatic heterocycles. The lowest BCUT2D eigenvalue weighted by Crippen LogP contribution is -2.48. The van der Waals surface area contributed by atoms with E-state index in [1.807, 2.05) is 30.3 Å². The molecule has 8 nitrogen and oxygen atoms in total. The number of ether oxygens (including phenoxy) is 2. The lowest BCUT2D eigenvalue weighted by Gasteiger charge is -2.36. The summed E-state index contributed by atoms with van der Waals surface area (Å²) in [5.74, 6) is -0.697. The zero-order chi connectivity index (χ0) is 34.1. The second-order valence-electron chi connectivity index (χ2n) is 14.9. The van der Waals surface area contributed by atoms with Crippen LogP contribution in [0.2, 0.25) is 0 Å². The van der Waals surface area contributed by atoms with Crippen LogP contribution < -0.4 is 10.1 Å². The average molecular weight is 660 g/mol. The number of rotatable bonds is 9. The van der Waals surface area contributed by atoms with Gasteiger partial charge < -0.3 is 14.8 Å². The monoisotopic (exact) mass is 659 g/mol. The summed E-state index contributed by atoms with van der Waals surface area (Å²) in [7, 11) is -4.12. The number of nitrogens with one attached hydrogen (secondary N) is 1. The number of carbonyl (C=O) groups excluding carboxylic acids is 1. The summed E-state index contributed by atoms with van der Waals surface area (Å²) in [4.78, 5) is 13.0. The van der Waals surface area contributed by atoms with Crippen LogP contribution in [0.5, 0.6) is 5.75 Å². The van der Waals surface area contributed by atoms with E-state index in [4.69, 9.17) is 23.0 Å². The molecule has 2 aromatic rings. The van der Waals surface area contributed by atoms with Crippen LogP contribution in [0.25, 0.3) is 10.8 Å². The highest BCUT2D eigenvalue weighted by atomic mass is 31.2. The van der Waals surface area contributed by atoms with Crippen LogP contribution in [0.15, 0.2) is 36.4 Å². The molecule has 1 amide bonds. The summed E-state index contributed by atoms with van der Waals surface area (Å²) < 4.78 is 82.1. The predicted octanol–water partition coefficient (Wildman–Crippen LogP) is 9.83. The van der Waals surface area contributed by atoms with Crippen molar-refractivity contribution < 1.29 is 45.6 Å². The minimum atomic E-state index is -4.17. The Morgan fingerprint density at radius 1 is 0.800 bits per heavy atom. The van der Waals surface area contributed by atoms with Crippen LogP contribution >= 0.6 is 7.82 Å². The van der Waals surface area contributed by atoms with Gasteiger partial charge in [-0.25, -0.2) is 9.36 Å². The number of phosphoric acid groups is 1. The summed E-state index contributed by atoms with van der Waals surface area (Å²) in [6, 6.07) is 11.0. The Bertz CT molecular complexity index is 1350. The lowest BCUT2D eigenvalue weighted by atomic mass is 9.87. The number of hydrogen-bond acceptors (Lipinski definition) is 7. The molecule has 1 N–H and O–H groups in total. The molecule has 1 saturated carbocycles. The van der Waals surface area contributed by atoms with Crippen molar-refractivity contribution in [3.63, 3.8) is 0 Å². The van der Waals surface area contributed by atoms with Gasteiger partial charge in [-0.2, -0.15) is 13.2 Å². The van der Waals surface area contributed by atoms with E-state index in [1.54, 1.807) is 75.3 Å². The highest BCUT2D eigenvalue weighted by molar-refractivity contribution is 7.48. The van der Waals surface area contributed by atoms with Crippen LogP contribution in [0.4, 0.5) is 18.0 Å². The van der Waals surface area contributed by atoms with Gasteiger partial charge in [0.1, 0.15) is 11.4 Å². The van der Waals surface area contributed by atoms with Gasteiger partial charge in [0.2, 0.25) is 0 Å². The van der Waals surface area contributed by atoms with E-state index >= 15 is 0 Å². The van der Waals surface area contributed by atoms with Crippen molar-refractivity contribution >= 4 is 24.7 Å². The van der Waals surface area contributed by atoms with Crippen molar-refractivity contribution in [2.45, 2.75) is 130 Å². The van der Waals surface area contributed by atoms with Crippen molar-refractivity contribution in [1.82, 2.24) is 5.32 Å². The Morgan fingerprint density at radius 3 is 1.84 bits per heavy atom. The highest BCUT2D eigenvalue weighted by Crippen LogP contribution is 2.56. The quantitative estimate of drug-likeness (QED) is 0.268. The summed E-state index contributed by atoms with van der Waals surface area (Å²) >= 11 is 0. The normalized spacial score (nSPS) is 20.0. The van der Waals surface area contributed by atoms with Crippen LogP contribution in [-0.4, -0.2) is 41.8 Å². The number of carbonyl (C=O) groups is 1. The smallest absolute Gasteiger partial charge is 0.475 e. The molecule has 0 spiro atoms. The van der Waals surface area contributed by atoms with E-state index in [0.717, 1.165) is 10.8 Å². The first-order chi connectivity index (χ1) is 20.3. The maximum atomic E-state index is 13.8. The van der Waals surface area contributed by atoms with Crippen molar-refractivity contribution in [2.24, 2.45) is 5.92 Å². The molecule has 0 unspecified atom stereocenters. The molecule has 254 valence electrons. The number of benzene rings is 2. The second kappa shape index (κ2) is 13.4. The number of alkyl halides is 3. The molecule has 0 bridgehead atoms. The topological polar surface area (TPSA) is 92.3 Å². The third kappa shape index (κ3) is 11.8. The Balaban J connectivity index is 1.88. The number of fused-ring (bicyclic) bond motifs is 1. The van der Waals surface area contributed by atoms with Gasteiger partial charge in [-0.15, -0.1) is 0 Å². The lowest BCUT2D eigenvalue weighted by molar-refractivity contribution is -0.185. The predicted molar refractivity (Wildman–Crippen MR) is 168 cm³/mol. The van der Waals surface area contributed by atoms with Crippen LogP contribution in [0.1, 0.15) is 100 Å². The molecule has 12 heteroatoms. The number of amides is 1. The molecular formula is C33H49F3NO7P. The Hall–Kier alpha value is -2.33. The SMILES string of the molecule is CC(C)(C)OC(=O)N[C@@](C)(COP(=O)(OC(C)(C)C)OC(C)(C)C)c1ccc2cc(OC3CCC(C(F)(F)F)CC3)ccc2c1. The Kier molecular flexibility index (Phi) is 11.1. The maximum Gasteiger partial charge on any atom is 0.475 e. The fourth-order valence-corrected chi connectivity index (χ4v) is 6.91. The van der Waals surface area contributed by atoms with E-state index in [0.29, 0.717) is 24.2 Å². The van der Waals surface area contributed by atoms with Crippen molar-refractivity contribution in [1.29, 1.82) is 0 Å². The second-order valence-corrected chi connectivity index (χ2v) is 16.5. The molecule has 0 aliphatic heterocycles. The molecule has 0 heterocycles. The summed E-state index contributed by atoms with van der Waals surface area (Å²) in [6.07, 6.45) is -4.33. The largest absolute Gasteiger partial charge is 0.490 e. The van der Waals surface area contributed by atoms with E-state index in [-0.39, 0.29) is 25.6 Å². The number of alkyl carbamates (subject to hydrolysis) is 1. The third-order valence-electron chi connectivity index (χ3n) is 6.95. The Labute approximate surface area is 265 Å². The highest BCUT2D eigenvalue weighted by Gasteiger charge is 2.43. The maximum absolute atomic E-state index is 13.8. The van der Waals surface area contributed by atoms with Gasteiger partial charge in [-0.1, -0.05) is 18.2 Å². The minimum absolute atomic E-state index is 0.0604. The molecule has 1 fully saturated rings. The molecule has 0 radical (unpaired) electrons. The summed E-state index contributed by atoms with van der Waals surface area (Å²) in [6.45, 7) is 17.1. The van der Waals surface area contributed by atoms with Crippen LogP contribution in [0, 0.1) is 5.92 Å². The van der Waals surface area contributed by atoms with Gasteiger partial charge in [0, 0.05) is 0 Å². The van der Waals surface area contributed by atoms with Crippen LogP contribution in [-0.2, 0) is 28.4 Å². The number of phosphoric ester groups is 1. The molecule has 3 rings (SSSR count).